The van der Waals surface area contributed by atoms with Crippen LogP contribution in [0.4, 0.5) is 5.69 Å². The van der Waals surface area contributed by atoms with Crippen LogP contribution in [-0.2, 0) is 9.53 Å². The van der Waals surface area contributed by atoms with Gasteiger partial charge in [0.2, 0.25) is 0 Å². The summed E-state index contributed by atoms with van der Waals surface area (Å²) in [7, 11) is 3.48. The van der Waals surface area contributed by atoms with E-state index in [1.807, 2.05) is 13.0 Å². The second-order valence-corrected chi connectivity index (χ2v) is 6.50. The van der Waals surface area contributed by atoms with Crippen LogP contribution < -0.4 is 5.32 Å². The Morgan fingerprint density at radius 2 is 1.87 bits per heavy atom. The fourth-order valence-electron chi connectivity index (χ4n) is 3.30. The minimum absolute atomic E-state index is 0.00292. The van der Waals surface area contributed by atoms with E-state index in [-0.39, 0.29) is 11.4 Å². The molecule has 23 heavy (non-hydrogen) atoms. The molecule has 1 aromatic carbocycles. The van der Waals surface area contributed by atoms with Crippen molar-refractivity contribution in [1.29, 1.82) is 0 Å². The predicted molar refractivity (Wildman–Crippen MR) is 90.4 cm³/mol. The highest BCUT2D eigenvalue weighted by molar-refractivity contribution is 6.05. The highest BCUT2D eigenvalue weighted by Crippen LogP contribution is 2.47. The summed E-state index contributed by atoms with van der Waals surface area (Å²) in [6.45, 7) is 7.92. The van der Waals surface area contributed by atoms with Crippen LogP contribution in [0.25, 0.3) is 0 Å². The second-order valence-electron chi connectivity index (χ2n) is 6.50. The lowest BCUT2D eigenvalue weighted by Gasteiger charge is -2.40. The van der Waals surface area contributed by atoms with Crippen LogP contribution >= 0.6 is 0 Å². The molecule has 2 rings (SSSR count). The summed E-state index contributed by atoms with van der Waals surface area (Å²) in [5, 5.41) is 3.02. The molecule has 1 aromatic rings. The summed E-state index contributed by atoms with van der Waals surface area (Å²) in [4.78, 5) is 25.0. The average molecular weight is 319 g/mol. The van der Waals surface area contributed by atoms with Gasteiger partial charge in [0, 0.05) is 12.8 Å². The fraction of sp³-hybridized carbons (Fsp3) is 0.556. The number of rotatable bonds is 6. The zero-order valence-electron chi connectivity index (χ0n) is 14.7. The molecule has 1 fully saturated rings. The average Bonchev–Trinajstić information content (AvgIpc) is 3.37. The van der Waals surface area contributed by atoms with Crippen molar-refractivity contribution in [2.24, 2.45) is 0 Å². The first-order valence-electron chi connectivity index (χ1n) is 8.19. The number of amides is 1. The molecule has 1 amide bonds. The predicted octanol–water partition coefficient (Wildman–Crippen LogP) is 2.74. The third-order valence-electron chi connectivity index (χ3n) is 5.49. The van der Waals surface area contributed by atoms with Gasteiger partial charge < -0.3 is 14.5 Å². The molecule has 1 aliphatic carbocycles. The van der Waals surface area contributed by atoms with Crippen molar-refractivity contribution in [1.82, 2.24) is 0 Å². The van der Waals surface area contributed by atoms with Gasteiger partial charge in [-0.05, 0) is 32.4 Å². The van der Waals surface area contributed by atoms with E-state index in [2.05, 4.69) is 26.2 Å². The Morgan fingerprint density at radius 1 is 1.26 bits per heavy atom. The Hall–Kier alpha value is -1.88. The van der Waals surface area contributed by atoms with Crippen molar-refractivity contribution in [3.63, 3.8) is 0 Å². The number of aryl methyl sites for hydroxylation is 1. The van der Waals surface area contributed by atoms with Crippen LogP contribution in [0.3, 0.4) is 0 Å². The number of hydrogen-bond acceptors (Lipinski definition) is 3. The van der Waals surface area contributed by atoms with Gasteiger partial charge in [-0.3, -0.25) is 4.79 Å². The molecule has 0 aliphatic heterocycles. The van der Waals surface area contributed by atoms with Crippen molar-refractivity contribution in [3.8, 4) is 0 Å². The van der Waals surface area contributed by atoms with E-state index in [4.69, 9.17) is 4.74 Å². The normalized spacial score (nSPS) is 15.9. The number of ether oxygens (including phenoxy) is 1. The fourth-order valence-corrected chi connectivity index (χ4v) is 3.30. The zero-order chi connectivity index (χ0) is 17.3. The number of carbonyl (C=O) groups is 2. The van der Waals surface area contributed by atoms with Gasteiger partial charge in [0.25, 0.3) is 5.91 Å². The minimum Gasteiger partial charge on any atom is -0.465 e. The number of para-hydroxylation sites is 1. The largest absolute Gasteiger partial charge is 0.465 e. The van der Waals surface area contributed by atoms with E-state index in [0.717, 1.165) is 36.0 Å². The summed E-state index contributed by atoms with van der Waals surface area (Å²) in [6.07, 6.45) is 1.77. The van der Waals surface area contributed by atoms with Crippen LogP contribution in [0.2, 0.25) is 0 Å². The van der Waals surface area contributed by atoms with Crippen molar-refractivity contribution in [2.75, 3.05) is 32.6 Å². The molecule has 5 nitrogen and oxygen atoms in total. The zero-order valence-corrected chi connectivity index (χ0v) is 14.7. The SMILES string of the molecule is CC[N+](C)(CC)C1(C(=O)Nc2c(C)cccc2C(=O)OC)CC1. The first kappa shape index (κ1) is 17.5. The number of quaternary nitrogens is 1. The van der Waals surface area contributed by atoms with Crippen molar-refractivity contribution in [3.05, 3.63) is 29.3 Å². The molecule has 0 spiro atoms. The van der Waals surface area contributed by atoms with E-state index in [1.54, 1.807) is 12.1 Å². The van der Waals surface area contributed by atoms with E-state index in [0.29, 0.717) is 11.3 Å². The number of anilines is 1. The third-order valence-corrected chi connectivity index (χ3v) is 5.49. The molecule has 5 heteroatoms. The van der Waals surface area contributed by atoms with Crippen molar-refractivity contribution in [2.45, 2.75) is 39.2 Å². The Labute approximate surface area is 138 Å². The number of nitrogens with one attached hydrogen (secondary N) is 1. The van der Waals surface area contributed by atoms with Crippen molar-refractivity contribution < 1.29 is 18.8 Å². The van der Waals surface area contributed by atoms with Gasteiger partial charge in [0.15, 0.2) is 5.54 Å². The maximum absolute atomic E-state index is 13.0. The molecule has 1 N–H and O–H groups in total. The lowest BCUT2D eigenvalue weighted by Crippen LogP contribution is -2.59. The van der Waals surface area contributed by atoms with Gasteiger partial charge in [0.05, 0.1) is 38.5 Å². The van der Waals surface area contributed by atoms with Crippen LogP contribution in [0, 0.1) is 6.92 Å². The quantitative estimate of drug-likeness (QED) is 0.648. The number of carbonyl (C=O) groups excluding carboxylic acids is 2. The summed E-state index contributed by atoms with van der Waals surface area (Å²) in [5.41, 5.74) is 1.45. The number of benzene rings is 1. The first-order valence-corrected chi connectivity index (χ1v) is 8.19. The van der Waals surface area contributed by atoms with Gasteiger partial charge in [-0.15, -0.1) is 0 Å². The molecule has 126 valence electrons. The molecular weight excluding hydrogens is 292 g/mol. The molecule has 0 unspecified atom stereocenters. The van der Waals surface area contributed by atoms with Gasteiger partial charge in [0.1, 0.15) is 0 Å². The summed E-state index contributed by atoms with van der Waals surface area (Å²) >= 11 is 0. The monoisotopic (exact) mass is 319 g/mol. The van der Waals surface area contributed by atoms with E-state index < -0.39 is 5.97 Å². The van der Waals surface area contributed by atoms with E-state index in [9.17, 15) is 9.59 Å². The molecule has 1 aliphatic rings. The van der Waals surface area contributed by atoms with Crippen LogP contribution in [-0.4, -0.2) is 49.1 Å². The molecule has 0 bridgehead atoms. The van der Waals surface area contributed by atoms with Crippen LogP contribution in [0.5, 0.6) is 0 Å². The Kier molecular flexibility index (Phi) is 4.80. The van der Waals surface area contributed by atoms with Crippen molar-refractivity contribution >= 4 is 17.6 Å². The maximum atomic E-state index is 13.0. The van der Waals surface area contributed by atoms with Crippen LogP contribution in [0.1, 0.15) is 42.6 Å². The highest BCUT2D eigenvalue weighted by Gasteiger charge is 2.63. The Morgan fingerprint density at radius 3 is 2.35 bits per heavy atom. The molecule has 0 atom stereocenters. The number of methoxy groups -OCH3 is 1. The third kappa shape index (κ3) is 2.85. The first-order chi connectivity index (χ1) is 10.8. The minimum atomic E-state index is -0.433. The Balaban J connectivity index is 2.34. The summed E-state index contributed by atoms with van der Waals surface area (Å²) in [5.74, 6) is -0.430. The number of likely N-dealkylation sites (N-methyl/N-ethyl adjacent to an activating group) is 1. The van der Waals surface area contributed by atoms with Crippen LogP contribution in [0.15, 0.2) is 18.2 Å². The highest BCUT2D eigenvalue weighted by atomic mass is 16.5. The van der Waals surface area contributed by atoms with Gasteiger partial charge in [-0.1, -0.05) is 12.1 Å². The van der Waals surface area contributed by atoms with E-state index >= 15 is 0 Å². The summed E-state index contributed by atoms with van der Waals surface area (Å²) in [6, 6.07) is 5.36. The van der Waals surface area contributed by atoms with Gasteiger partial charge >= 0.3 is 5.97 Å². The number of esters is 1. The molecular formula is C18H27N2O3+. The standard InChI is InChI=1S/C18H26N2O3/c1-6-20(4,7-2)18(11-12-18)17(22)19-15-13(3)9-8-10-14(15)16(21)23-5/h8-10H,6-7,11-12H2,1-5H3/p+1. The maximum Gasteiger partial charge on any atom is 0.339 e. The second kappa shape index (κ2) is 6.32. The molecule has 0 saturated heterocycles. The molecule has 0 heterocycles. The Bertz CT molecular complexity index is 617. The lowest BCUT2D eigenvalue weighted by molar-refractivity contribution is -0.931. The topological polar surface area (TPSA) is 55.4 Å². The van der Waals surface area contributed by atoms with Gasteiger partial charge in [-0.25, -0.2) is 4.79 Å². The molecule has 0 aromatic heterocycles. The van der Waals surface area contributed by atoms with E-state index in [1.165, 1.54) is 7.11 Å². The summed E-state index contributed by atoms with van der Waals surface area (Å²) < 4.78 is 5.55. The number of nitrogens with zero attached hydrogens (tertiary/aromatic N) is 1. The number of hydrogen-bond donors (Lipinski definition) is 1. The van der Waals surface area contributed by atoms with Gasteiger partial charge in [-0.2, -0.15) is 0 Å². The molecule has 1 saturated carbocycles. The smallest absolute Gasteiger partial charge is 0.339 e. The lowest BCUT2D eigenvalue weighted by atomic mass is 10.1. The molecule has 0 radical (unpaired) electrons.